The fraction of sp³-hybridized carbons (Fsp3) is 0.217. The Morgan fingerprint density at radius 3 is 2.44 bits per heavy atom. The van der Waals surface area contributed by atoms with Gasteiger partial charge in [0.2, 0.25) is 0 Å². The van der Waals surface area contributed by atoms with Crippen LogP contribution >= 0.6 is 0 Å². The molecule has 0 fully saturated rings. The number of hydrogen-bond acceptors (Lipinski definition) is 2. The zero-order chi connectivity index (χ0) is 19.6. The normalized spacial score (nSPS) is 10.6. The van der Waals surface area contributed by atoms with Crippen LogP contribution in [0, 0.1) is 32.1 Å². The van der Waals surface area contributed by atoms with Crippen molar-refractivity contribution in [1.82, 2.24) is 4.57 Å². The fourth-order valence-corrected chi connectivity index (χ4v) is 3.21. The van der Waals surface area contributed by atoms with E-state index in [4.69, 9.17) is 0 Å². The van der Waals surface area contributed by atoms with Crippen molar-refractivity contribution >= 4 is 0 Å². The van der Waals surface area contributed by atoms with Crippen molar-refractivity contribution in [2.24, 2.45) is 0 Å². The molecule has 0 bridgehead atoms. The van der Waals surface area contributed by atoms with Gasteiger partial charge in [-0.3, -0.25) is 4.79 Å². The maximum Gasteiger partial charge on any atom is 0.269 e. The van der Waals surface area contributed by atoms with E-state index in [2.05, 4.69) is 0 Å². The van der Waals surface area contributed by atoms with Crippen molar-refractivity contribution in [2.75, 3.05) is 0 Å². The molecule has 0 atom stereocenters. The number of aromatic nitrogens is 1. The Hall–Kier alpha value is -3.19. The lowest BCUT2D eigenvalue weighted by Crippen LogP contribution is -2.26. The number of aryl methyl sites for hydroxylation is 3. The predicted octanol–water partition coefficient (Wildman–Crippen LogP) is 4.83. The number of alkyl halides is 1. The summed E-state index contributed by atoms with van der Waals surface area (Å²) in [5.41, 5.74) is 5.32. The van der Waals surface area contributed by atoms with Crippen LogP contribution in [0.4, 0.5) is 4.39 Å². The molecule has 0 spiro atoms. The molecule has 0 saturated carbocycles. The minimum absolute atomic E-state index is 0.127. The molecule has 3 rings (SSSR count). The Bertz CT molecular complexity index is 1110. The SMILES string of the molecule is Cc1cccc(-c2cc(CF)c(C#N)c(=O)n2Cc2ccc(C)c(C)c2)c1. The first-order valence-corrected chi connectivity index (χ1v) is 8.80. The van der Waals surface area contributed by atoms with Crippen molar-refractivity contribution in [2.45, 2.75) is 34.0 Å². The van der Waals surface area contributed by atoms with Crippen LogP contribution in [0.15, 0.2) is 53.3 Å². The van der Waals surface area contributed by atoms with Gasteiger partial charge in [0.25, 0.3) is 5.56 Å². The van der Waals surface area contributed by atoms with E-state index in [1.165, 1.54) is 5.56 Å². The summed E-state index contributed by atoms with van der Waals surface area (Å²) in [6.07, 6.45) is 0. The van der Waals surface area contributed by atoms with E-state index in [1.54, 1.807) is 10.6 Å². The predicted molar refractivity (Wildman–Crippen MR) is 105 cm³/mol. The molecular formula is C23H21FN2O. The fourth-order valence-electron chi connectivity index (χ4n) is 3.21. The summed E-state index contributed by atoms with van der Waals surface area (Å²) in [4.78, 5) is 13.0. The van der Waals surface area contributed by atoms with Gasteiger partial charge in [-0.05, 0) is 55.2 Å². The number of pyridine rings is 1. The molecule has 4 heteroatoms. The first kappa shape index (κ1) is 18.6. The van der Waals surface area contributed by atoms with Crippen LogP contribution in [0.2, 0.25) is 0 Å². The average Bonchev–Trinajstić information content (AvgIpc) is 2.65. The molecule has 3 aromatic rings. The van der Waals surface area contributed by atoms with Gasteiger partial charge in [0, 0.05) is 5.56 Å². The largest absolute Gasteiger partial charge is 0.303 e. The van der Waals surface area contributed by atoms with Gasteiger partial charge in [-0.25, -0.2) is 4.39 Å². The summed E-state index contributed by atoms with van der Waals surface area (Å²) < 4.78 is 15.1. The molecule has 27 heavy (non-hydrogen) atoms. The van der Waals surface area contributed by atoms with Crippen LogP contribution in [0.5, 0.6) is 0 Å². The zero-order valence-electron chi connectivity index (χ0n) is 15.7. The van der Waals surface area contributed by atoms with E-state index in [0.717, 1.165) is 22.3 Å². The first-order chi connectivity index (χ1) is 12.9. The van der Waals surface area contributed by atoms with Gasteiger partial charge in [0.15, 0.2) is 0 Å². The van der Waals surface area contributed by atoms with E-state index < -0.39 is 12.2 Å². The van der Waals surface area contributed by atoms with Crippen LogP contribution < -0.4 is 5.56 Å². The highest BCUT2D eigenvalue weighted by molar-refractivity contribution is 5.63. The third kappa shape index (κ3) is 3.68. The monoisotopic (exact) mass is 360 g/mol. The number of rotatable bonds is 4. The molecule has 0 N–H and O–H groups in total. The second-order valence-electron chi connectivity index (χ2n) is 6.85. The van der Waals surface area contributed by atoms with E-state index >= 15 is 0 Å². The molecular weight excluding hydrogens is 339 g/mol. The molecule has 0 unspecified atom stereocenters. The van der Waals surface area contributed by atoms with Crippen LogP contribution in [0.3, 0.4) is 0 Å². The quantitative estimate of drug-likeness (QED) is 0.669. The van der Waals surface area contributed by atoms with Gasteiger partial charge in [-0.2, -0.15) is 5.26 Å². The standard InChI is InChI=1S/C23H21FN2O/c1-15-5-4-6-19(9-15)22-11-20(12-24)21(13-25)23(27)26(22)14-18-8-7-16(2)17(3)10-18/h4-11H,12,14H2,1-3H3. The molecule has 0 aliphatic heterocycles. The summed E-state index contributed by atoms with van der Waals surface area (Å²) >= 11 is 0. The molecule has 2 aromatic carbocycles. The zero-order valence-corrected chi connectivity index (χ0v) is 15.7. The number of hydrogen-bond donors (Lipinski definition) is 0. The molecule has 0 saturated heterocycles. The third-order valence-corrected chi connectivity index (χ3v) is 4.86. The highest BCUT2D eigenvalue weighted by Crippen LogP contribution is 2.23. The maximum absolute atomic E-state index is 13.5. The molecule has 1 aromatic heterocycles. The number of nitrogens with zero attached hydrogens (tertiary/aromatic N) is 2. The van der Waals surface area contributed by atoms with Crippen molar-refractivity contribution < 1.29 is 4.39 Å². The maximum atomic E-state index is 13.5. The van der Waals surface area contributed by atoms with Gasteiger partial charge >= 0.3 is 0 Å². The molecule has 0 aliphatic rings. The summed E-state index contributed by atoms with van der Waals surface area (Å²) in [5.74, 6) is 0. The van der Waals surface area contributed by atoms with Crippen molar-refractivity contribution in [3.8, 4) is 17.3 Å². The topological polar surface area (TPSA) is 45.8 Å². The van der Waals surface area contributed by atoms with Gasteiger partial charge in [-0.15, -0.1) is 0 Å². The summed E-state index contributed by atoms with van der Waals surface area (Å²) in [6.45, 7) is 5.50. The van der Waals surface area contributed by atoms with Crippen LogP contribution in [0.1, 0.15) is 33.4 Å². The Morgan fingerprint density at radius 1 is 1.04 bits per heavy atom. The van der Waals surface area contributed by atoms with Crippen LogP contribution in [0.25, 0.3) is 11.3 Å². The number of nitriles is 1. The Kier molecular flexibility index (Phi) is 5.23. The summed E-state index contributed by atoms with van der Waals surface area (Å²) in [5, 5.41) is 9.38. The van der Waals surface area contributed by atoms with E-state index in [-0.39, 0.29) is 11.1 Å². The molecule has 0 amide bonds. The summed E-state index contributed by atoms with van der Waals surface area (Å²) in [7, 11) is 0. The highest BCUT2D eigenvalue weighted by atomic mass is 19.1. The summed E-state index contributed by atoms with van der Waals surface area (Å²) in [6, 6.07) is 17.3. The van der Waals surface area contributed by atoms with Gasteiger partial charge in [0.1, 0.15) is 18.3 Å². The lowest BCUT2D eigenvalue weighted by atomic mass is 10.0. The molecule has 136 valence electrons. The van der Waals surface area contributed by atoms with Gasteiger partial charge < -0.3 is 4.57 Å². The molecule has 3 nitrogen and oxygen atoms in total. The second-order valence-corrected chi connectivity index (χ2v) is 6.85. The lowest BCUT2D eigenvalue weighted by molar-refractivity contribution is 0.483. The molecule has 1 heterocycles. The van der Waals surface area contributed by atoms with Crippen molar-refractivity contribution in [3.63, 3.8) is 0 Å². The van der Waals surface area contributed by atoms with E-state index in [1.807, 2.05) is 69.3 Å². The van der Waals surface area contributed by atoms with Gasteiger partial charge in [0.05, 0.1) is 12.2 Å². The van der Waals surface area contributed by atoms with E-state index in [9.17, 15) is 14.4 Å². The minimum atomic E-state index is -0.846. The first-order valence-electron chi connectivity index (χ1n) is 8.80. The number of benzene rings is 2. The molecule has 0 radical (unpaired) electrons. The van der Waals surface area contributed by atoms with Crippen molar-refractivity contribution in [1.29, 1.82) is 5.26 Å². The Morgan fingerprint density at radius 2 is 1.81 bits per heavy atom. The minimum Gasteiger partial charge on any atom is -0.303 e. The average molecular weight is 360 g/mol. The molecule has 0 aliphatic carbocycles. The van der Waals surface area contributed by atoms with Gasteiger partial charge in [-0.1, -0.05) is 42.0 Å². The second kappa shape index (κ2) is 7.59. The van der Waals surface area contributed by atoms with E-state index in [0.29, 0.717) is 12.2 Å². The number of halogens is 1. The van der Waals surface area contributed by atoms with Crippen LogP contribution in [-0.2, 0) is 13.2 Å². The Labute approximate surface area is 158 Å². The lowest BCUT2D eigenvalue weighted by Gasteiger charge is -2.16. The highest BCUT2D eigenvalue weighted by Gasteiger charge is 2.16. The van der Waals surface area contributed by atoms with Crippen molar-refractivity contribution in [3.05, 3.63) is 92.3 Å². The van der Waals surface area contributed by atoms with Crippen LogP contribution in [-0.4, -0.2) is 4.57 Å². The Balaban J connectivity index is 2.25. The third-order valence-electron chi connectivity index (χ3n) is 4.86. The smallest absolute Gasteiger partial charge is 0.269 e.